The Morgan fingerprint density at radius 3 is 2.83 bits per heavy atom. The highest BCUT2D eigenvalue weighted by molar-refractivity contribution is 7.22. The molecule has 7 nitrogen and oxygen atoms in total. The molecule has 0 aliphatic carbocycles. The molecule has 0 spiro atoms. The van der Waals surface area contributed by atoms with Crippen LogP contribution in [0.4, 0.5) is 11.5 Å². The van der Waals surface area contributed by atoms with Crippen molar-refractivity contribution in [2.45, 2.75) is 0 Å². The van der Waals surface area contributed by atoms with Gasteiger partial charge in [0.2, 0.25) is 11.2 Å². The zero-order chi connectivity index (χ0) is 20.4. The number of morpholine rings is 1. The average molecular weight is 432 g/mol. The van der Waals surface area contributed by atoms with E-state index >= 15 is 0 Å². The first-order chi connectivity index (χ1) is 14.0. The van der Waals surface area contributed by atoms with Crippen LogP contribution in [-0.4, -0.2) is 67.7 Å². The number of carbonyl (C=O) groups is 1. The van der Waals surface area contributed by atoms with E-state index < -0.39 is 0 Å². The lowest BCUT2D eigenvalue weighted by atomic mass is 10.1. The third-order valence-electron chi connectivity index (χ3n) is 4.53. The van der Waals surface area contributed by atoms with Gasteiger partial charge in [-0.15, -0.1) is 11.3 Å². The molecule has 1 amide bonds. The van der Waals surface area contributed by atoms with Crippen LogP contribution < -0.4 is 10.2 Å². The molecule has 0 bridgehead atoms. The Morgan fingerprint density at radius 2 is 2.07 bits per heavy atom. The molecule has 152 valence electrons. The Morgan fingerprint density at radius 1 is 1.28 bits per heavy atom. The summed E-state index contributed by atoms with van der Waals surface area (Å²) in [5, 5.41) is 3.19. The zero-order valence-corrected chi connectivity index (χ0v) is 17.9. The van der Waals surface area contributed by atoms with Crippen molar-refractivity contribution in [3.05, 3.63) is 35.6 Å². The number of anilines is 2. The second-order valence-corrected chi connectivity index (χ2v) is 8.50. The van der Waals surface area contributed by atoms with Crippen LogP contribution in [0.15, 0.2) is 30.3 Å². The highest BCUT2D eigenvalue weighted by Crippen LogP contribution is 2.38. The molecule has 3 aromatic rings. The van der Waals surface area contributed by atoms with Gasteiger partial charge in [-0.1, -0.05) is 12.1 Å². The van der Waals surface area contributed by atoms with Crippen LogP contribution in [0.5, 0.6) is 0 Å². The summed E-state index contributed by atoms with van der Waals surface area (Å²) in [6.45, 7) is 3.25. The molecule has 1 saturated heterocycles. The van der Waals surface area contributed by atoms with E-state index in [9.17, 15) is 4.79 Å². The highest BCUT2D eigenvalue weighted by atomic mass is 35.5. The number of fused-ring (bicyclic) bond motifs is 1. The summed E-state index contributed by atoms with van der Waals surface area (Å²) >= 11 is 7.83. The number of amides is 1. The van der Waals surface area contributed by atoms with Gasteiger partial charge in [-0.2, -0.15) is 4.98 Å². The largest absolute Gasteiger partial charge is 0.378 e. The molecule has 1 aromatic carbocycles. The van der Waals surface area contributed by atoms with Gasteiger partial charge in [-0.25, -0.2) is 4.98 Å². The Labute approximate surface area is 178 Å². The fourth-order valence-electron chi connectivity index (χ4n) is 3.26. The van der Waals surface area contributed by atoms with Crippen molar-refractivity contribution in [1.29, 1.82) is 0 Å². The predicted octanol–water partition coefficient (Wildman–Crippen LogP) is 3.35. The van der Waals surface area contributed by atoms with E-state index in [1.807, 2.05) is 49.3 Å². The third-order valence-corrected chi connectivity index (χ3v) is 5.87. The number of rotatable bonds is 5. The minimum Gasteiger partial charge on any atom is -0.378 e. The van der Waals surface area contributed by atoms with Crippen LogP contribution in [0.2, 0.25) is 5.28 Å². The smallest absolute Gasteiger partial charge is 0.238 e. The lowest BCUT2D eigenvalue weighted by Crippen LogP contribution is -2.36. The van der Waals surface area contributed by atoms with Gasteiger partial charge < -0.3 is 19.9 Å². The van der Waals surface area contributed by atoms with Crippen molar-refractivity contribution in [1.82, 2.24) is 14.9 Å². The number of benzene rings is 1. The van der Waals surface area contributed by atoms with Gasteiger partial charge in [0.05, 0.1) is 30.0 Å². The van der Waals surface area contributed by atoms with Crippen molar-refractivity contribution in [2.24, 2.45) is 0 Å². The molecule has 1 aliphatic rings. The van der Waals surface area contributed by atoms with E-state index in [1.54, 1.807) is 11.3 Å². The molecule has 1 N–H and O–H groups in total. The van der Waals surface area contributed by atoms with Crippen molar-refractivity contribution in [3.8, 4) is 10.4 Å². The molecular formula is C20H22ClN5O2S. The van der Waals surface area contributed by atoms with Crippen LogP contribution in [0.1, 0.15) is 0 Å². The van der Waals surface area contributed by atoms with E-state index in [2.05, 4.69) is 20.2 Å². The molecule has 29 heavy (non-hydrogen) atoms. The summed E-state index contributed by atoms with van der Waals surface area (Å²) in [7, 11) is 3.73. The number of halogens is 1. The highest BCUT2D eigenvalue weighted by Gasteiger charge is 2.19. The number of nitrogens with one attached hydrogen (secondary N) is 1. The molecule has 2 aromatic heterocycles. The molecule has 4 rings (SSSR count). The number of aromatic nitrogens is 2. The Hall–Kier alpha value is -2.26. The number of ether oxygens (including phenoxy) is 1. The van der Waals surface area contributed by atoms with Gasteiger partial charge in [-0.05, 0) is 49.5 Å². The number of hydrogen-bond donors (Lipinski definition) is 1. The van der Waals surface area contributed by atoms with Crippen molar-refractivity contribution in [3.63, 3.8) is 0 Å². The van der Waals surface area contributed by atoms with Gasteiger partial charge in [-0.3, -0.25) is 4.79 Å². The Bertz CT molecular complexity index is 1030. The summed E-state index contributed by atoms with van der Waals surface area (Å²) in [6.07, 6.45) is 0. The first-order valence-electron chi connectivity index (χ1n) is 9.34. The van der Waals surface area contributed by atoms with Crippen LogP contribution in [0.25, 0.3) is 20.7 Å². The average Bonchev–Trinajstić information content (AvgIpc) is 3.11. The van der Waals surface area contributed by atoms with Gasteiger partial charge in [0.1, 0.15) is 0 Å². The normalized spacial score (nSPS) is 14.6. The SMILES string of the molecule is CN(C)CC(=O)Nc1cccc(-c2cc3nc(Cl)nc(N4CCOCC4)c3s2)c1. The first-order valence-corrected chi connectivity index (χ1v) is 10.5. The van der Waals surface area contributed by atoms with Gasteiger partial charge in [0.15, 0.2) is 5.82 Å². The molecule has 0 saturated carbocycles. The maximum Gasteiger partial charge on any atom is 0.238 e. The summed E-state index contributed by atoms with van der Waals surface area (Å²) < 4.78 is 6.46. The molecule has 0 unspecified atom stereocenters. The fraction of sp³-hybridized carbons (Fsp3) is 0.350. The summed E-state index contributed by atoms with van der Waals surface area (Å²) in [4.78, 5) is 26.0. The predicted molar refractivity (Wildman–Crippen MR) is 118 cm³/mol. The molecule has 0 radical (unpaired) electrons. The molecule has 9 heteroatoms. The minimum atomic E-state index is -0.0456. The molecule has 0 atom stereocenters. The van der Waals surface area contributed by atoms with Gasteiger partial charge >= 0.3 is 0 Å². The lowest BCUT2D eigenvalue weighted by Gasteiger charge is -2.28. The number of carbonyl (C=O) groups excluding carboxylic acids is 1. The monoisotopic (exact) mass is 431 g/mol. The van der Waals surface area contributed by atoms with E-state index in [0.29, 0.717) is 19.8 Å². The number of likely N-dealkylation sites (N-methyl/N-ethyl adjacent to an activating group) is 1. The number of thiophene rings is 1. The molecule has 1 fully saturated rings. The lowest BCUT2D eigenvalue weighted by molar-refractivity contribution is -0.116. The van der Waals surface area contributed by atoms with E-state index in [-0.39, 0.29) is 11.2 Å². The van der Waals surface area contributed by atoms with E-state index in [1.165, 1.54) is 0 Å². The second kappa shape index (κ2) is 8.62. The fourth-order valence-corrected chi connectivity index (χ4v) is 4.54. The standard InChI is InChI=1S/C20H22ClN5O2S/c1-25(2)12-17(27)22-14-5-3-4-13(10-14)16-11-15-18(29-16)19(24-20(21)23-15)26-6-8-28-9-7-26/h3-5,10-11H,6-9,12H2,1-2H3,(H,22,27). The zero-order valence-electron chi connectivity index (χ0n) is 16.3. The summed E-state index contributed by atoms with van der Waals surface area (Å²) in [6, 6.07) is 9.85. The van der Waals surface area contributed by atoms with Crippen molar-refractivity contribution < 1.29 is 9.53 Å². The van der Waals surface area contributed by atoms with Crippen molar-refractivity contribution >= 4 is 50.6 Å². The Balaban J connectivity index is 1.66. The number of nitrogens with zero attached hydrogens (tertiary/aromatic N) is 4. The minimum absolute atomic E-state index is 0.0456. The van der Waals surface area contributed by atoms with Crippen LogP contribution in [0.3, 0.4) is 0 Å². The quantitative estimate of drug-likeness (QED) is 0.625. The first kappa shape index (κ1) is 20.0. The van der Waals surface area contributed by atoms with Crippen LogP contribution >= 0.6 is 22.9 Å². The van der Waals surface area contributed by atoms with E-state index in [4.69, 9.17) is 16.3 Å². The summed E-state index contributed by atoms with van der Waals surface area (Å²) in [5.74, 6) is 0.811. The van der Waals surface area contributed by atoms with Gasteiger partial charge in [0, 0.05) is 23.7 Å². The topological polar surface area (TPSA) is 70.6 Å². The third kappa shape index (κ3) is 4.67. The molecule has 1 aliphatic heterocycles. The molecule has 3 heterocycles. The number of hydrogen-bond acceptors (Lipinski definition) is 7. The van der Waals surface area contributed by atoms with Crippen LogP contribution in [-0.2, 0) is 9.53 Å². The maximum absolute atomic E-state index is 12.1. The van der Waals surface area contributed by atoms with Gasteiger partial charge in [0.25, 0.3) is 0 Å². The summed E-state index contributed by atoms with van der Waals surface area (Å²) in [5.41, 5.74) is 2.61. The second-order valence-electron chi connectivity index (χ2n) is 7.11. The maximum atomic E-state index is 12.1. The van der Waals surface area contributed by atoms with Crippen LogP contribution in [0, 0.1) is 0 Å². The Kier molecular flexibility index (Phi) is 5.96. The van der Waals surface area contributed by atoms with Crippen molar-refractivity contribution in [2.75, 3.05) is 57.2 Å². The molecular weight excluding hydrogens is 410 g/mol. The van der Waals surface area contributed by atoms with E-state index in [0.717, 1.165) is 45.3 Å².